The summed E-state index contributed by atoms with van der Waals surface area (Å²) in [4.78, 5) is 4.25. The topological polar surface area (TPSA) is 50.9 Å². The van der Waals surface area contributed by atoms with Gasteiger partial charge in [-0.2, -0.15) is 0 Å². The van der Waals surface area contributed by atoms with E-state index in [1.54, 1.807) is 6.20 Å². The highest BCUT2D eigenvalue weighted by molar-refractivity contribution is 5.44. The van der Waals surface area contributed by atoms with E-state index in [2.05, 4.69) is 10.3 Å². The Morgan fingerprint density at radius 3 is 2.50 bits per heavy atom. The van der Waals surface area contributed by atoms with Crippen molar-refractivity contribution in [3.05, 3.63) is 59.9 Å². The van der Waals surface area contributed by atoms with Gasteiger partial charge in [0.1, 0.15) is 0 Å². The molecule has 2 aromatic rings. The Morgan fingerprint density at radius 2 is 1.88 bits per heavy atom. The second-order valence-corrected chi connectivity index (χ2v) is 3.58. The number of pyridine rings is 1. The highest BCUT2D eigenvalue weighted by Crippen LogP contribution is 2.10. The van der Waals surface area contributed by atoms with E-state index in [0.29, 0.717) is 6.54 Å². The molecule has 0 saturated carbocycles. The fraction of sp³-hybridized carbons (Fsp3) is 0.154. The van der Waals surface area contributed by atoms with Crippen LogP contribution in [0.25, 0.3) is 0 Å². The molecule has 1 aromatic carbocycles. The zero-order valence-electron chi connectivity index (χ0n) is 9.06. The van der Waals surface area contributed by atoms with Crippen LogP contribution in [0.5, 0.6) is 0 Å². The predicted octanol–water partition coefficient (Wildman–Crippen LogP) is 2.15. The van der Waals surface area contributed by atoms with E-state index in [1.807, 2.05) is 42.5 Å². The average Bonchev–Trinajstić information content (AvgIpc) is 2.38. The number of benzene rings is 1. The van der Waals surface area contributed by atoms with Gasteiger partial charge in [0.2, 0.25) is 0 Å². The van der Waals surface area contributed by atoms with Crippen LogP contribution in [-0.4, -0.2) is 4.98 Å². The minimum Gasteiger partial charge on any atom is -0.379 e. The van der Waals surface area contributed by atoms with Gasteiger partial charge in [0.25, 0.3) is 0 Å². The van der Waals surface area contributed by atoms with Crippen LogP contribution in [0.4, 0.5) is 5.69 Å². The molecule has 0 amide bonds. The molecule has 0 aliphatic rings. The van der Waals surface area contributed by atoms with Crippen molar-refractivity contribution in [1.82, 2.24) is 4.98 Å². The van der Waals surface area contributed by atoms with E-state index in [9.17, 15) is 0 Å². The van der Waals surface area contributed by atoms with E-state index in [1.165, 1.54) is 0 Å². The summed E-state index contributed by atoms with van der Waals surface area (Å²) in [5.74, 6) is 0. The molecule has 1 aromatic heterocycles. The Morgan fingerprint density at radius 1 is 1.06 bits per heavy atom. The first-order valence-corrected chi connectivity index (χ1v) is 5.31. The molecular weight excluding hydrogens is 198 g/mol. The molecule has 0 atom stereocenters. The molecule has 1 heterocycles. The van der Waals surface area contributed by atoms with Crippen molar-refractivity contribution in [2.24, 2.45) is 5.73 Å². The maximum absolute atomic E-state index is 5.53. The molecule has 0 aliphatic carbocycles. The standard InChI is InChI=1S/C13H15N3/c14-9-11-4-6-12(7-5-11)16-10-13-3-1-2-8-15-13/h1-8,16H,9-10,14H2. The van der Waals surface area contributed by atoms with Crippen molar-refractivity contribution in [2.75, 3.05) is 5.32 Å². The van der Waals surface area contributed by atoms with E-state index in [0.717, 1.165) is 23.5 Å². The lowest BCUT2D eigenvalue weighted by Crippen LogP contribution is -2.01. The Balaban J connectivity index is 1.94. The first-order valence-electron chi connectivity index (χ1n) is 5.31. The van der Waals surface area contributed by atoms with Gasteiger partial charge in [-0.3, -0.25) is 4.98 Å². The Kier molecular flexibility index (Phi) is 3.51. The third-order valence-corrected chi connectivity index (χ3v) is 2.39. The second-order valence-electron chi connectivity index (χ2n) is 3.58. The normalized spacial score (nSPS) is 10.1. The summed E-state index contributed by atoms with van der Waals surface area (Å²) in [6.45, 7) is 1.32. The van der Waals surface area contributed by atoms with Gasteiger partial charge in [-0.05, 0) is 29.8 Å². The molecule has 16 heavy (non-hydrogen) atoms. The van der Waals surface area contributed by atoms with Crippen LogP contribution >= 0.6 is 0 Å². The number of nitrogens with one attached hydrogen (secondary N) is 1. The molecule has 3 nitrogen and oxygen atoms in total. The zero-order chi connectivity index (χ0) is 11.2. The quantitative estimate of drug-likeness (QED) is 0.818. The average molecular weight is 213 g/mol. The third-order valence-electron chi connectivity index (χ3n) is 2.39. The van der Waals surface area contributed by atoms with Crippen LogP contribution in [-0.2, 0) is 13.1 Å². The second kappa shape index (κ2) is 5.28. The molecule has 0 saturated heterocycles. The molecule has 82 valence electrons. The van der Waals surface area contributed by atoms with Gasteiger partial charge >= 0.3 is 0 Å². The highest BCUT2D eigenvalue weighted by atomic mass is 14.9. The molecule has 0 radical (unpaired) electrons. The summed E-state index contributed by atoms with van der Waals surface area (Å²) in [6.07, 6.45) is 1.80. The van der Waals surface area contributed by atoms with Crippen LogP contribution < -0.4 is 11.1 Å². The molecule has 0 unspecified atom stereocenters. The van der Waals surface area contributed by atoms with Crippen LogP contribution in [0.15, 0.2) is 48.7 Å². The van der Waals surface area contributed by atoms with Gasteiger partial charge < -0.3 is 11.1 Å². The molecule has 3 N–H and O–H groups in total. The minimum atomic E-state index is 0.584. The van der Waals surface area contributed by atoms with Crippen molar-refractivity contribution >= 4 is 5.69 Å². The van der Waals surface area contributed by atoms with Crippen molar-refractivity contribution in [1.29, 1.82) is 0 Å². The van der Waals surface area contributed by atoms with Gasteiger partial charge in [0.15, 0.2) is 0 Å². The maximum Gasteiger partial charge on any atom is 0.0594 e. The Labute approximate surface area is 95.3 Å². The van der Waals surface area contributed by atoms with Gasteiger partial charge in [0.05, 0.1) is 12.2 Å². The lowest BCUT2D eigenvalue weighted by molar-refractivity contribution is 1.04. The molecule has 2 rings (SSSR count). The van der Waals surface area contributed by atoms with Gasteiger partial charge in [-0.15, -0.1) is 0 Å². The largest absolute Gasteiger partial charge is 0.379 e. The van der Waals surface area contributed by atoms with Crippen molar-refractivity contribution in [3.8, 4) is 0 Å². The number of anilines is 1. The molecule has 0 bridgehead atoms. The van der Waals surface area contributed by atoms with E-state index >= 15 is 0 Å². The SMILES string of the molecule is NCc1ccc(NCc2ccccn2)cc1. The minimum absolute atomic E-state index is 0.584. The summed E-state index contributed by atoms with van der Waals surface area (Å²) >= 11 is 0. The van der Waals surface area contributed by atoms with Crippen molar-refractivity contribution < 1.29 is 0 Å². The number of nitrogens with two attached hydrogens (primary N) is 1. The van der Waals surface area contributed by atoms with Gasteiger partial charge in [-0.25, -0.2) is 0 Å². The lowest BCUT2D eigenvalue weighted by atomic mass is 10.2. The summed E-state index contributed by atoms with van der Waals surface area (Å²) in [6, 6.07) is 14.0. The summed E-state index contributed by atoms with van der Waals surface area (Å²) in [5.41, 5.74) is 8.80. The van der Waals surface area contributed by atoms with Crippen molar-refractivity contribution in [2.45, 2.75) is 13.1 Å². The van der Waals surface area contributed by atoms with Crippen molar-refractivity contribution in [3.63, 3.8) is 0 Å². The number of nitrogens with zero attached hydrogens (tertiary/aromatic N) is 1. The molecule has 0 fully saturated rings. The summed E-state index contributed by atoms with van der Waals surface area (Å²) in [5, 5.41) is 3.31. The lowest BCUT2D eigenvalue weighted by Gasteiger charge is -2.06. The first-order chi connectivity index (χ1) is 7.88. The van der Waals surface area contributed by atoms with E-state index in [4.69, 9.17) is 5.73 Å². The smallest absolute Gasteiger partial charge is 0.0594 e. The monoisotopic (exact) mass is 213 g/mol. The number of aromatic nitrogens is 1. The molecule has 0 aliphatic heterocycles. The van der Waals surface area contributed by atoms with Crippen LogP contribution in [0.1, 0.15) is 11.3 Å². The maximum atomic E-state index is 5.53. The third kappa shape index (κ3) is 2.81. The number of hydrogen-bond acceptors (Lipinski definition) is 3. The van der Waals surface area contributed by atoms with Crippen LogP contribution in [0.3, 0.4) is 0 Å². The number of hydrogen-bond donors (Lipinski definition) is 2. The molecular formula is C13H15N3. The number of rotatable bonds is 4. The Hall–Kier alpha value is -1.87. The first kappa shape index (κ1) is 10.6. The predicted molar refractivity (Wildman–Crippen MR) is 65.9 cm³/mol. The van der Waals surface area contributed by atoms with E-state index < -0.39 is 0 Å². The van der Waals surface area contributed by atoms with Gasteiger partial charge in [0, 0.05) is 18.4 Å². The summed E-state index contributed by atoms with van der Waals surface area (Å²) in [7, 11) is 0. The Bertz CT molecular complexity index is 423. The van der Waals surface area contributed by atoms with E-state index in [-0.39, 0.29) is 0 Å². The van der Waals surface area contributed by atoms with Gasteiger partial charge in [-0.1, -0.05) is 18.2 Å². The molecule has 3 heteroatoms. The van der Waals surface area contributed by atoms with Crippen LogP contribution in [0.2, 0.25) is 0 Å². The fourth-order valence-electron chi connectivity index (χ4n) is 1.45. The zero-order valence-corrected chi connectivity index (χ0v) is 9.06. The molecule has 0 spiro atoms. The fourth-order valence-corrected chi connectivity index (χ4v) is 1.45. The van der Waals surface area contributed by atoms with Crippen LogP contribution in [0, 0.1) is 0 Å². The highest BCUT2D eigenvalue weighted by Gasteiger charge is 1.94. The summed E-state index contributed by atoms with van der Waals surface area (Å²) < 4.78 is 0.